The molecule has 22 heavy (non-hydrogen) atoms. The van der Waals surface area contributed by atoms with Gasteiger partial charge < -0.3 is 9.64 Å². The molecule has 5 heteroatoms. The van der Waals surface area contributed by atoms with Gasteiger partial charge in [-0.25, -0.2) is 0 Å². The van der Waals surface area contributed by atoms with Crippen LogP contribution in [0.5, 0.6) is 0 Å². The minimum absolute atomic E-state index is 0.0289. The molecule has 1 amide bonds. The number of Topliss-reactive ketones (excluding diaryl/α,β-unsaturated/α-hetero) is 1. The van der Waals surface area contributed by atoms with Gasteiger partial charge in [-0.2, -0.15) is 0 Å². The molecule has 3 rings (SSSR count). The molecule has 1 aromatic rings. The fourth-order valence-corrected chi connectivity index (χ4v) is 3.49. The molecule has 1 spiro atoms. The second-order valence-electron chi connectivity index (χ2n) is 6.06. The number of carbonyl (C=O) groups is 2. The van der Waals surface area contributed by atoms with Crippen molar-refractivity contribution in [2.24, 2.45) is 0 Å². The highest BCUT2D eigenvalue weighted by Crippen LogP contribution is 2.33. The summed E-state index contributed by atoms with van der Waals surface area (Å²) >= 11 is 5.94. The van der Waals surface area contributed by atoms with E-state index in [9.17, 15) is 9.59 Å². The minimum atomic E-state index is -0.594. The molecular weight excluding hydrogens is 302 g/mol. The number of likely N-dealkylation sites (tertiary alicyclic amines) is 1. The third-order valence-corrected chi connectivity index (χ3v) is 4.84. The number of carbonyl (C=O) groups excluding carboxylic acids is 2. The Bertz CT molecular complexity index is 581. The zero-order chi connectivity index (χ0) is 15.6. The Balaban J connectivity index is 1.54. The zero-order valence-electron chi connectivity index (χ0n) is 12.5. The summed E-state index contributed by atoms with van der Waals surface area (Å²) in [4.78, 5) is 26.3. The number of amides is 1. The molecule has 0 N–H and O–H groups in total. The average Bonchev–Trinajstić information content (AvgIpc) is 2.98. The van der Waals surface area contributed by atoms with E-state index in [1.54, 1.807) is 4.90 Å². The maximum Gasteiger partial charge on any atom is 0.223 e. The summed E-state index contributed by atoms with van der Waals surface area (Å²) < 4.78 is 5.66. The topological polar surface area (TPSA) is 46.6 Å². The second kappa shape index (κ2) is 6.39. The van der Waals surface area contributed by atoms with Gasteiger partial charge in [0.05, 0.1) is 6.54 Å². The van der Waals surface area contributed by atoms with Crippen molar-refractivity contribution in [2.75, 3.05) is 19.7 Å². The zero-order valence-corrected chi connectivity index (χ0v) is 13.3. The van der Waals surface area contributed by atoms with Crippen molar-refractivity contribution in [3.8, 4) is 0 Å². The number of hydrogen-bond acceptors (Lipinski definition) is 3. The van der Waals surface area contributed by atoms with Gasteiger partial charge in [0.15, 0.2) is 5.78 Å². The number of piperidine rings is 1. The highest BCUT2D eigenvalue weighted by molar-refractivity contribution is 6.30. The van der Waals surface area contributed by atoms with Gasteiger partial charge in [-0.1, -0.05) is 23.7 Å². The van der Waals surface area contributed by atoms with E-state index in [0.717, 1.165) is 18.4 Å². The Morgan fingerprint density at radius 1 is 1.36 bits per heavy atom. The van der Waals surface area contributed by atoms with Crippen LogP contribution < -0.4 is 0 Å². The lowest BCUT2D eigenvalue weighted by molar-refractivity contribution is -0.152. The number of rotatable bonds is 3. The fourth-order valence-electron chi connectivity index (χ4n) is 3.28. The molecular formula is C17H20ClNO3. The Hall–Kier alpha value is -1.39. The average molecular weight is 322 g/mol. The van der Waals surface area contributed by atoms with Gasteiger partial charge in [0, 0.05) is 31.0 Å². The van der Waals surface area contributed by atoms with Crippen LogP contribution in [0.15, 0.2) is 24.3 Å². The molecule has 1 aromatic carbocycles. The largest absolute Gasteiger partial charge is 0.367 e. The molecule has 2 aliphatic heterocycles. The summed E-state index contributed by atoms with van der Waals surface area (Å²) in [5, 5.41) is 0.679. The number of nitrogens with zero attached hydrogens (tertiary/aromatic N) is 1. The Morgan fingerprint density at radius 2 is 2.23 bits per heavy atom. The van der Waals surface area contributed by atoms with Gasteiger partial charge in [0.1, 0.15) is 5.60 Å². The standard InChI is InChI=1S/C17H20ClNO3/c18-14-4-1-3-13(11-14)5-6-16(21)19-9-8-17(15(20)12-19)7-2-10-22-17/h1,3-4,11H,2,5-10,12H2/t17-/m1/s1. The first-order chi connectivity index (χ1) is 10.6. The van der Waals surface area contributed by atoms with Crippen molar-refractivity contribution in [1.29, 1.82) is 0 Å². The summed E-state index contributed by atoms with van der Waals surface area (Å²) in [5.74, 6) is 0.0912. The van der Waals surface area contributed by atoms with Gasteiger partial charge in [0.25, 0.3) is 0 Å². The van der Waals surface area contributed by atoms with Gasteiger partial charge >= 0.3 is 0 Å². The highest BCUT2D eigenvalue weighted by atomic mass is 35.5. The number of ketones is 1. The summed E-state index contributed by atoms with van der Waals surface area (Å²) in [6, 6.07) is 7.53. The smallest absolute Gasteiger partial charge is 0.223 e. The van der Waals surface area contributed by atoms with Gasteiger partial charge in [0.2, 0.25) is 5.91 Å². The number of ether oxygens (including phenoxy) is 1. The SMILES string of the molecule is O=C(CCc1cccc(Cl)c1)N1CC[C@]2(CCCO2)C(=O)C1. The third-order valence-electron chi connectivity index (χ3n) is 4.60. The third kappa shape index (κ3) is 3.18. The van der Waals surface area contributed by atoms with E-state index >= 15 is 0 Å². The van der Waals surface area contributed by atoms with Crippen LogP contribution >= 0.6 is 11.6 Å². The number of halogens is 1. The van der Waals surface area contributed by atoms with Crippen molar-refractivity contribution in [3.05, 3.63) is 34.9 Å². The van der Waals surface area contributed by atoms with E-state index in [2.05, 4.69) is 0 Å². The van der Waals surface area contributed by atoms with Gasteiger partial charge in [-0.3, -0.25) is 9.59 Å². The maximum absolute atomic E-state index is 12.3. The fraction of sp³-hybridized carbons (Fsp3) is 0.529. The summed E-state index contributed by atoms with van der Waals surface area (Å²) in [5.41, 5.74) is 0.448. The van der Waals surface area contributed by atoms with Crippen molar-refractivity contribution in [1.82, 2.24) is 4.90 Å². The Morgan fingerprint density at radius 3 is 2.91 bits per heavy atom. The molecule has 2 saturated heterocycles. The Labute approximate surface area is 135 Å². The highest BCUT2D eigenvalue weighted by Gasteiger charge is 2.46. The first-order valence-electron chi connectivity index (χ1n) is 7.79. The Kier molecular flexibility index (Phi) is 4.50. The van der Waals surface area contributed by atoms with Crippen LogP contribution in [-0.4, -0.2) is 41.9 Å². The van der Waals surface area contributed by atoms with Gasteiger partial charge in [-0.05, 0) is 37.0 Å². The van der Waals surface area contributed by atoms with E-state index in [1.165, 1.54) is 0 Å². The molecule has 2 heterocycles. The molecule has 1 atom stereocenters. The molecule has 118 valence electrons. The second-order valence-corrected chi connectivity index (χ2v) is 6.50. The van der Waals surface area contributed by atoms with Crippen LogP contribution in [-0.2, 0) is 20.7 Å². The molecule has 0 aliphatic carbocycles. The van der Waals surface area contributed by atoms with Crippen molar-refractivity contribution in [3.63, 3.8) is 0 Å². The number of aryl methyl sites for hydroxylation is 1. The number of hydrogen-bond donors (Lipinski definition) is 0. The molecule has 2 fully saturated rings. The maximum atomic E-state index is 12.3. The van der Waals surface area contributed by atoms with E-state index in [1.807, 2.05) is 24.3 Å². The van der Waals surface area contributed by atoms with Crippen LogP contribution in [0.4, 0.5) is 0 Å². The molecule has 2 aliphatic rings. The van der Waals surface area contributed by atoms with E-state index in [0.29, 0.717) is 37.4 Å². The minimum Gasteiger partial charge on any atom is -0.367 e. The molecule has 0 saturated carbocycles. The quantitative estimate of drug-likeness (QED) is 0.859. The van der Waals surface area contributed by atoms with E-state index < -0.39 is 5.60 Å². The first kappa shape index (κ1) is 15.5. The van der Waals surface area contributed by atoms with Crippen LogP contribution in [0.1, 0.15) is 31.2 Å². The molecule has 0 radical (unpaired) electrons. The van der Waals surface area contributed by atoms with Crippen molar-refractivity contribution in [2.45, 2.75) is 37.7 Å². The summed E-state index contributed by atoms with van der Waals surface area (Å²) in [7, 11) is 0. The van der Waals surface area contributed by atoms with Crippen molar-refractivity contribution >= 4 is 23.3 Å². The van der Waals surface area contributed by atoms with Crippen LogP contribution in [0.3, 0.4) is 0 Å². The normalized spacial score (nSPS) is 25.0. The number of benzene rings is 1. The lowest BCUT2D eigenvalue weighted by Crippen LogP contribution is -2.53. The van der Waals surface area contributed by atoms with Crippen molar-refractivity contribution < 1.29 is 14.3 Å². The lowest BCUT2D eigenvalue weighted by atomic mass is 9.87. The summed E-state index contributed by atoms with van der Waals surface area (Å²) in [6.07, 6.45) is 3.42. The predicted molar refractivity (Wildman–Crippen MR) is 83.9 cm³/mol. The van der Waals surface area contributed by atoms with Crippen LogP contribution in [0, 0.1) is 0 Å². The molecule has 0 unspecified atom stereocenters. The predicted octanol–water partition coefficient (Wildman–Crippen LogP) is 2.62. The lowest BCUT2D eigenvalue weighted by Gasteiger charge is -2.37. The van der Waals surface area contributed by atoms with E-state index in [-0.39, 0.29) is 18.2 Å². The van der Waals surface area contributed by atoms with E-state index in [4.69, 9.17) is 16.3 Å². The molecule has 4 nitrogen and oxygen atoms in total. The van der Waals surface area contributed by atoms with Crippen LogP contribution in [0.25, 0.3) is 0 Å². The summed E-state index contributed by atoms with van der Waals surface area (Å²) in [6.45, 7) is 1.46. The molecule has 0 bridgehead atoms. The molecule has 0 aromatic heterocycles. The monoisotopic (exact) mass is 321 g/mol. The first-order valence-corrected chi connectivity index (χ1v) is 8.16. The van der Waals surface area contributed by atoms with Crippen LogP contribution in [0.2, 0.25) is 5.02 Å². The van der Waals surface area contributed by atoms with Gasteiger partial charge in [-0.15, -0.1) is 0 Å².